The second-order valence-corrected chi connectivity index (χ2v) is 12.3. The number of carbonyl (C=O) groups is 1. The number of nitrogens with zero attached hydrogens (tertiary/aromatic N) is 2. The lowest BCUT2D eigenvalue weighted by Gasteiger charge is -2.31. The molecule has 1 heterocycles. The van der Waals surface area contributed by atoms with E-state index >= 15 is 0 Å². The van der Waals surface area contributed by atoms with E-state index in [-0.39, 0.29) is 23.7 Å². The molecule has 1 aliphatic heterocycles. The zero-order valence-electron chi connectivity index (χ0n) is 19.7. The fourth-order valence-corrected chi connectivity index (χ4v) is 6.67. The van der Waals surface area contributed by atoms with Crippen molar-refractivity contribution >= 4 is 43.4 Å². The SMILES string of the molecule is NS(=O)(=O)NCCNC(=O)N1CC(c2ccccc2)(S(=O)(=O)c2ccc(Cl)cc2)C(c2ccc(F)cc2)=N1. The summed E-state index contributed by atoms with van der Waals surface area (Å²) >= 11 is 6.00. The highest BCUT2D eigenvalue weighted by molar-refractivity contribution is 7.93. The van der Waals surface area contributed by atoms with Gasteiger partial charge in [0.15, 0.2) is 14.6 Å². The van der Waals surface area contributed by atoms with E-state index in [1.165, 1.54) is 48.5 Å². The Morgan fingerprint density at radius 2 is 1.61 bits per heavy atom. The normalized spacial score (nSPS) is 17.8. The van der Waals surface area contributed by atoms with Crippen LogP contribution >= 0.6 is 11.6 Å². The topological polar surface area (TPSA) is 151 Å². The number of carbonyl (C=O) groups excluding carboxylic acids is 1. The summed E-state index contributed by atoms with van der Waals surface area (Å²) in [4.78, 5) is 13.0. The van der Waals surface area contributed by atoms with Crippen molar-refractivity contribution in [3.05, 3.63) is 101 Å². The number of amides is 2. The zero-order chi connectivity index (χ0) is 27.6. The number of halogens is 2. The Balaban J connectivity index is 1.84. The van der Waals surface area contributed by atoms with Gasteiger partial charge in [-0.25, -0.2) is 32.5 Å². The van der Waals surface area contributed by atoms with Crippen LogP contribution in [0.15, 0.2) is 88.9 Å². The Labute approximate surface area is 224 Å². The molecule has 38 heavy (non-hydrogen) atoms. The third kappa shape index (κ3) is 5.56. The molecule has 1 unspecified atom stereocenters. The van der Waals surface area contributed by atoms with E-state index in [4.69, 9.17) is 16.7 Å². The van der Waals surface area contributed by atoms with Crippen LogP contribution in [-0.4, -0.2) is 53.2 Å². The summed E-state index contributed by atoms with van der Waals surface area (Å²) in [6, 6.07) is 18.3. The quantitative estimate of drug-likeness (QED) is 0.350. The highest BCUT2D eigenvalue weighted by atomic mass is 35.5. The lowest BCUT2D eigenvalue weighted by molar-refractivity contribution is 0.203. The van der Waals surface area contributed by atoms with E-state index in [1.807, 2.05) is 4.72 Å². The molecule has 200 valence electrons. The van der Waals surface area contributed by atoms with Crippen LogP contribution in [0.5, 0.6) is 0 Å². The fraction of sp³-hybridized carbons (Fsp3) is 0.167. The number of nitrogens with two attached hydrogens (primary N) is 1. The van der Waals surface area contributed by atoms with Gasteiger partial charge in [0, 0.05) is 23.7 Å². The number of nitrogens with one attached hydrogen (secondary N) is 2. The standard InChI is InChI=1S/C24H23ClFN5O5S2/c25-19-8-12-21(13-9-19)37(33,34)24(18-4-2-1-3-5-18)16-31(23(32)28-14-15-29-38(27,35)36)30-22(24)17-6-10-20(26)11-7-17/h1-13,29H,14-16H2,(H,28,32)(H2,27,35,36). The van der Waals surface area contributed by atoms with Crippen molar-refractivity contribution < 1.29 is 26.0 Å². The zero-order valence-corrected chi connectivity index (χ0v) is 22.1. The van der Waals surface area contributed by atoms with Crippen LogP contribution < -0.4 is 15.2 Å². The molecule has 1 atom stereocenters. The molecule has 1 aliphatic rings. The number of hydrazone groups is 1. The maximum atomic E-state index is 14.4. The minimum atomic E-state index is -4.30. The van der Waals surface area contributed by atoms with Gasteiger partial charge in [-0.15, -0.1) is 0 Å². The molecule has 0 saturated carbocycles. The summed E-state index contributed by atoms with van der Waals surface area (Å²) in [5.74, 6) is -0.532. The summed E-state index contributed by atoms with van der Waals surface area (Å²) in [5, 5.41) is 13.1. The van der Waals surface area contributed by atoms with Crippen LogP contribution in [0.3, 0.4) is 0 Å². The van der Waals surface area contributed by atoms with Gasteiger partial charge >= 0.3 is 6.03 Å². The Kier molecular flexibility index (Phi) is 7.85. The molecule has 3 aromatic rings. The first-order valence-corrected chi connectivity index (χ1v) is 14.6. The Bertz CT molecular complexity index is 1570. The molecule has 0 aromatic heterocycles. The van der Waals surface area contributed by atoms with Crippen LogP contribution in [0.4, 0.5) is 9.18 Å². The summed E-state index contributed by atoms with van der Waals surface area (Å²) in [6.07, 6.45) is 0. The molecule has 2 amide bonds. The van der Waals surface area contributed by atoms with Crippen LogP contribution in [-0.2, 0) is 24.8 Å². The smallest absolute Gasteiger partial charge is 0.335 e. The van der Waals surface area contributed by atoms with E-state index in [0.29, 0.717) is 16.1 Å². The van der Waals surface area contributed by atoms with Crippen molar-refractivity contribution in [3.8, 4) is 0 Å². The highest BCUT2D eigenvalue weighted by Gasteiger charge is 2.56. The van der Waals surface area contributed by atoms with E-state index in [1.54, 1.807) is 30.3 Å². The Morgan fingerprint density at radius 1 is 0.974 bits per heavy atom. The van der Waals surface area contributed by atoms with Crippen molar-refractivity contribution in [1.29, 1.82) is 0 Å². The number of sulfone groups is 1. The molecular weight excluding hydrogens is 557 g/mol. The Morgan fingerprint density at radius 3 is 2.21 bits per heavy atom. The third-order valence-electron chi connectivity index (χ3n) is 5.86. The van der Waals surface area contributed by atoms with Crippen LogP contribution in [0.2, 0.25) is 5.02 Å². The molecule has 0 radical (unpaired) electrons. The maximum Gasteiger partial charge on any atom is 0.337 e. The van der Waals surface area contributed by atoms with Crippen molar-refractivity contribution in [2.45, 2.75) is 9.64 Å². The average Bonchev–Trinajstić information content (AvgIpc) is 3.30. The number of hydrogen-bond donors (Lipinski definition) is 3. The minimum absolute atomic E-state index is 0.0106. The highest BCUT2D eigenvalue weighted by Crippen LogP contribution is 2.43. The van der Waals surface area contributed by atoms with Gasteiger partial charge in [0.2, 0.25) is 0 Å². The van der Waals surface area contributed by atoms with Gasteiger partial charge in [0.25, 0.3) is 10.2 Å². The monoisotopic (exact) mass is 579 g/mol. The first-order chi connectivity index (χ1) is 17.9. The van der Waals surface area contributed by atoms with Crippen molar-refractivity contribution in [1.82, 2.24) is 15.0 Å². The van der Waals surface area contributed by atoms with Crippen molar-refractivity contribution in [2.24, 2.45) is 10.2 Å². The van der Waals surface area contributed by atoms with Gasteiger partial charge in [-0.05, 0) is 42.0 Å². The molecule has 14 heteroatoms. The number of urea groups is 1. The molecule has 10 nitrogen and oxygen atoms in total. The van der Waals surface area contributed by atoms with Crippen LogP contribution in [0, 0.1) is 5.82 Å². The summed E-state index contributed by atoms with van der Waals surface area (Å²) in [6.45, 7) is -0.752. The Hall–Kier alpha value is -3.36. The van der Waals surface area contributed by atoms with E-state index in [9.17, 15) is 26.0 Å². The second-order valence-electron chi connectivity index (χ2n) is 8.33. The molecule has 0 bridgehead atoms. The predicted octanol–water partition coefficient (Wildman–Crippen LogP) is 2.37. The lowest BCUT2D eigenvalue weighted by atomic mass is 9.89. The number of benzene rings is 3. The molecule has 3 aromatic carbocycles. The van der Waals surface area contributed by atoms with Gasteiger partial charge in [-0.3, -0.25) is 0 Å². The third-order valence-corrected chi connectivity index (χ3v) is 9.08. The first-order valence-electron chi connectivity index (χ1n) is 11.2. The fourth-order valence-electron chi connectivity index (χ4n) is 4.11. The number of rotatable bonds is 8. The molecule has 4 N–H and O–H groups in total. The maximum absolute atomic E-state index is 14.4. The van der Waals surface area contributed by atoms with Gasteiger partial charge in [-0.1, -0.05) is 54.1 Å². The number of hydrogen-bond acceptors (Lipinski definition) is 6. The summed E-state index contributed by atoms with van der Waals surface area (Å²) in [7, 11) is -8.26. The van der Waals surface area contributed by atoms with Gasteiger partial charge < -0.3 is 5.32 Å². The average molecular weight is 580 g/mol. The van der Waals surface area contributed by atoms with E-state index in [2.05, 4.69) is 10.4 Å². The predicted molar refractivity (Wildman–Crippen MR) is 141 cm³/mol. The molecular formula is C24H23ClFN5O5S2. The van der Waals surface area contributed by atoms with E-state index < -0.39 is 43.2 Å². The van der Waals surface area contributed by atoms with Gasteiger partial charge in [0.1, 0.15) is 5.82 Å². The minimum Gasteiger partial charge on any atom is -0.335 e. The molecule has 0 fully saturated rings. The van der Waals surface area contributed by atoms with Gasteiger partial charge in [0.05, 0.1) is 17.2 Å². The lowest BCUT2D eigenvalue weighted by Crippen LogP contribution is -2.48. The van der Waals surface area contributed by atoms with Gasteiger partial charge in [-0.2, -0.15) is 13.5 Å². The summed E-state index contributed by atoms with van der Waals surface area (Å²) < 4.78 is 64.9. The molecule has 0 saturated heterocycles. The van der Waals surface area contributed by atoms with Crippen LogP contribution in [0.1, 0.15) is 11.1 Å². The van der Waals surface area contributed by atoms with E-state index in [0.717, 1.165) is 5.01 Å². The first kappa shape index (κ1) is 27.7. The molecule has 0 spiro atoms. The van der Waals surface area contributed by atoms with Crippen LogP contribution in [0.25, 0.3) is 0 Å². The molecule has 0 aliphatic carbocycles. The summed E-state index contributed by atoms with van der Waals surface area (Å²) in [5.41, 5.74) is 0.639. The molecule has 4 rings (SSSR count). The van der Waals surface area contributed by atoms with Crippen molar-refractivity contribution in [3.63, 3.8) is 0 Å². The van der Waals surface area contributed by atoms with Crippen molar-refractivity contribution in [2.75, 3.05) is 19.6 Å². The largest absolute Gasteiger partial charge is 0.337 e. The second kappa shape index (κ2) is 10.8.